The van der Waals surface area contributed by atoms with Gasteiger partial charge in [-0.3, -0.25) is 9.59 Å². The Labute approximate surface area is 184 Å². The van der Waals surface area contributed by atoms with Gasteiger partial charge in [0.05, 0.1) is 25.7 Å². The van der Waals surface area contributed by atoms with E-state index in [0.717, 1.165) is 17.5 Å². The van der Waals surface area contributed by atoms with Crippen molar-refractivity contribution in [1.29, 1.82) is 0 Å². The summed E-state index contributed by atoms with van der Waals surface area (Å²) in [5.74, 6) is 1.18. The molecule has 0 radical (unpaired) electrons. The molecule has 31 heavy (non-hydrogen) atoms. The van der Waals surface area contributed by atoms with Crippen molar-refractivity contribution in [3.8, 4) is 11.5 Å². The molecule has 0 saturated carbocycles. The summed E-state index contributed by atoms with van der Waals surface area (Å²) in [6.45, 7) is 6.47. The highest BCUT2D eigenvalue weighted by molar-refractivity contribution is 5.89. The van der Waals surface area contributed by atoms with Gasteiger partial charge in [0.2, 0.25) is 11.8 Å². The lowest BCUT2D eigenvalue weighted by Crippen LogP contribution is -2.47. The molecular weight excluding hydrogens is 392 g/mol. The third kappa shape index (κ3) is 5.78. The molecule has 1 N–H and O–H groups in total. The van der Waals surface area contributed by atoms with Crippen molar-refractivity contribution in [2.45, 2.75) is 58.2 Å². The van der Waals surface area contributed by atoms with Gasteiger partial charge in [-0.05, 0) is 56.9 Å². The summed E-state index contributed by atoms with van der Waals surface area (Å²) in [4.78, 5) is 27.5. The number of amides is 2. The van der Waals surface area contributed by atoms with Gasteiger partial charge in [-0.2, -0.15) is 0 Å². The average molecular weight is 425 g/mol. The fourth-order valence-corrected chi connectivity index (χ4v) is 3.91. The number of carbonyl (C=O) groups is 2. The van der Waals surface area contributed by atoms with Gasteiger partial charge in [0.1, 0.15) is 6.04 Å². The van der Waals surface area contributed by atoms with Crippen molar-refractivity contribution in [3.63, 3.8) is 0 Å². The maximum absolute atomic E-state index is 13.0. The minimum atomic E-state index is -0.427. The van der Waals surface area contributed by atoms with Gasteiger partial charge < -0.3 is 19.7 Å². The third-order valence-corrected chi connectivity index (χ3v) is 5.48. The Morgan fingerprint density at radius 3 is 2.52 bits per heavy atom. The first-order valence-electron chi connectivity index (χ1n) is 10.9. The zero-order valence-electron chi connectivity index (χ0n) is 18.8. The highest BCUT2D eigenvalue weighted by atomic mass is 16.5. The Morgan fingerprint density at radius 2 is 1.84 bits per heavy atom. The molecule has 6 heteroatoms. The molecule has 2 unspecified atom stereocenters. The number of rotatable bonds is 8. The number of nitrogens with zero attached hydrogens (tertiary/aromatic N) is 1. The number of hydrogen-bond acceptors (Lipinski definition) is 4. The van der Waals surface area contributed by atoms with E-state index in [0.29, 0.717) is 30.9 Å². The molecule has 2 aromatic rings. The number of nitrogens with one attached hydrogen (secondary N) is 1. The number of likely N-dealkylation sites (tertiary alicyclic amines) is 1. The van der Waals surface area contributed by atoms with Crippen molar-refractivity contribution >= 4 is 11.8 Å². The van der Waals surface area contributed by atoms with Crippen LogP contribution in [0.1, 0.15) is 50.8 Å². The molecule has 1 heterocycles. The molecule has 166 valence electrons. The van der Waals surface area contributed by atoms with Crippen molar-refractivity contribution in [3.05, 3.63) is 59.7 Å². The van der Waals surface area contributed by atoms with Crippen LogP contribution < -0.4 is 14.8 Å². The lowest BCUT2D eigenvalue weighted by Gasteiger charge is -2.26. The van der Waals surface area contributed by atoms with Crippen LogP contribution in [0.25, 0.3) is 0 Å². The van der Waals surface area contributed by atoms with Gasteiger partial charge in [0.25, 0.3) is 0 Å². The van der Waals surface area contributed by atoms with Crippen LogP contribution in [0.2, 0.25) is 0 Å². The summed E-state index contributed by atoms with van der Waals surface area (Å²) in [6.07, 6.45) is 1.87. The maximum atomic E-state index is 13.0. The number of hydrogen-bond donors (Lipinski definition) is 1. The summed E-state index contributed by atoms with van der Waals surface area (Å²) < 4.78 is 11.2. The van der Waals surface area contributed by atoms with E-state index in [1.807, 2.05) is 69.3 Å². The normalized spacial score (nSPS) is 16.8. The van der Waals surface area contributed by atoms with Gasteiger partial charge in [0.15, 0.2) is 11.5 Å². The second-order valence-corrected chi connectivity index (χ2v) is 8.21. The molecule has 1 aliphatic heterocycles. The summed E-state index contributed by atoms with van der Waals surface area (Å²) in [5.41, 5.74) is 1.88. The van der Waals surface area contributed by atoms with Crippen LogP contribution in [-0.4, -0.2) is 42.5 Å². The largest absolute Gasteiger partial charge is 0.493 e. The van der Waals surface area contributed by atoms with Crippen LogP contribution in [0.3, 0.4) is 0 Å². The summed E-state index contributed by atoms with van der Waals surface area (Å²) in [5, 5.41) is 3.07. The van der Waals surface area contributed by atoms with Gasteiger partial charge in [-0.25, -0.2) is 0 Å². The van der Waals surface area contributed by atoms with Gasteiger partial charge in [-0.15, -0.1) is 0 Å². The van der Waals surface area contributed by atoms with Gasteiger partial charge in [0, 0.05) is 6.54 Å². The van der Waals surface area contributed by atoms with Crippen LogP contribution in [0, 0.1) is 0 Å². The SMILES string of the molecule is COc1cc(C(C)NC(=O)C2CCCN2C(=O)Cc2ccccc2)ccc1OC(C)C. The molecule has 2 amide bonds. The third-order valence-electron chi connectivity index (χ3n) is 5.48. The van der Waals surface area contributed by atoms with Gasteiger partial charge >= 0.3 is 0 Å². The molecular formula is C25H32N2O4. The lowest BCUT2D eigenvalue weighted by atomic mass is 10.1. The molecule has 0 spiro atoms. The van der Waals surface area contributed by atoms with E-state index in [-0.39, 0.29) is 24.0 Å². The Morgan fingerprint density at radius 1 is 1.10 bits per heavy atom. The van der Waals surface area contributed by atoms with Crippen LogP contribution in [-0.2, 0) is 16.0 Å². The quantitative estimate of drug-likeness (QED) is 0.698. The number of ether oxygens (including phenoxy) is 2. The zero-order chi connectivity index (χ0) is 22.4. The van der Waals surface area contributed by atoms with E-state index < -0.39 is 6.04 Å². The highest BCUT2D eigenvalue weighted by Gasteiger charge is 2.34. The summed E-state index contributed by atoms with van der Waals surface area (Å²) in [6, 6.07) is 14.7. The molecule has 2 atom stereocenters. The van der Waals surface area contributed by atoms with E-state index in [1.54, 1.807) is 12.0 Å². The molecule has 1 saturated heterocycles. The number of methoxy groups -OCH3 is 1. The van der Waals surface area contributed by atoms with Crippen molar-refractivity contribution in [2.75, 3.05) is 13.7 Å². The fourth-order valence-electron chi connectivity index (χ4n) is 3.91. The molecule has 3 rings (SSSR count). The van der Waals surface area contributed by atoms with Crippen LogP contribution in [0.5, 0.6) is 11.5 Å². The second kappa shape index (κ2) is 10.3. The topological polar surface area (TPSA) is 67.9 Å². The van der Waals surface area contributed by atoms with Crippen molar-refractivity contribution in [2.24, 2.45) is 0 Å². The Balaban J connectivity index is 1.65. The smallest absolute Gasteiger partial charge is 0.243 e. The minimum absolute atomic E-state index is 0.00615. The van der Waals surface area contributed by atoms with E-state index in [9.17, 15) is 9.59 Å². The predicted octanol–water partition coefficient (Wildman–Crippen LogP) is 3.89. The lowest BCUT2D eigenvalue weighted by molar-refractivity contribution is -0.138. The molecule has 2 aromatic carbocycles. The van der Waals surface area contributed by atoms with Crippen LogP contribution in [0.4, 0.5) is 0 Å². The highest BCUT2D eigenvalue weighted by Crippen LogP contribution is 2.31. The fraction of sp³-hybridized carbons (Fsp3) is 0.440. The summed E-state index contributed by atoms with van der Waals surface area (Å²) >= 11 is 0. The maximum Gasteiger partial charge on any atom is 0.243 e. The molecule has 1 fully saturated rings. The first-order chi connectivity index (χ1) is 14.9. The minimum Gasteiger partial charge on any atom is -0.493 e. The molecule has 1 aliphatic rings. The average Bonchev–Trinajstić information content (AvgIpc) is 3.24. The first-order valence-corrected chi connectivity index (χ1v) is 10.9. The number of benzene rings is 2. The Bertz CT molecular complexity index is 898. The van der Waals surface area contributed by atoms with E-state index in [4.69, 9.17) is 9.47 Å². The molecule has 6 nitrogen and oxygen atoms in total. The zero-order valence-corrected chi connectivity index (χ0v) is 18.8. The van der Waals surface area contributed by atoms with E-state index >= 15 is 0 Å². The Kier molecular flexibility index (Phi) is 7.55. The molecule has 0 bridgehead atoms. The predicted molar refractivity (Wildman–Crippen MR) is 120 cm³/mol. The summed E-state index contributed by atoms with van der Waals surface area (Å²) in [7, 11) is 1.60. The van der Waals surface area contributed by atoms with Crippen LogP contribution >= 0.6 is 0 Å². The monoisotopic (exact) mass is 424 g/mol. The van der Waals surface area contributed by atoms with Gasteiger partial charge in [-0.1, -0.05) is 36.4 Å². The first kappa shape index (κ1) is 22.7. The van der Waals surface area contributed by atoms with E-state index in [1.165, 1.54) is 0 Å². The molecule has 0 aromatic heterocycles. The van der Waals surface area contributed by atoms with Crippen molar-refractivity contribution in [1.82, 2.24) is 10.2 Å². The van der Waals surface area contributed by atoms with Crippen LogP contribution in [0.15, 0.2) is 48.5 Å². The van der Waals surface area contributed by atoms with E-state index in [2.05, 4.69) is 5.32 Å². The standard InChI is InChI=1S/C25H32N2O4/c1-17(2)31-22-13-12-20(16-23(22)30-4)18(3)26-25(29)21-11-8-14-27(21)24(28)15-19-9-6-5-7-10-19/h5-7,9-10,12-13,16-18,21H,8,11,14-15H2,1-4H3,(H,26,29). The Hall–Kier alpha value is -3.02. The number of carbonyl (C=O) groups excluding carboxylic acids is 2. The molecule has 0 aliphatic carbocycles. The van der Waals surface area contributed by atoms with Crippen molar-refractivity contribution < 1.29 is 19.1 Å². The second-order valence-electron chi connectivity index (χ2n) is 8.21.